The van der Waals surface area contributed by atoms with Crippen molar-refractivity contribution >= 4 is 10.9 Å². The molecule has 0 atom stereocenters. The van der Waals surface area contributed by atoms with E-state index in [1.54, 1.807) is 18.2 Å². The zero-order chi connectivity index (χ0) is 14.8. The van der Waals surface area contributed by atoms with E-state index < -0.39 is 0 Å². The minimum Gasteiger partial charge on any atom is -0.507 e. The van der Waals surface area contributed by atoms with Crippen molar-refractivity contribution in [1.29, 1.82) is 0 Å². The van der Waals surface area contributed by atoms with E-state index in [1.807, 2.05) is 44.2 Å². The first-order chi connectivity index (χ1) is 10.1. The third-order valence-corrected chi connectivity index (χ3v) is 3.06. The monoisotopic (exact) mass is 280 g/mol. The Labute approximate surface area is 123 Å². The average molecular weight is 280 g/mol. The lowest BCUT2D eigenvalue weighted by Gasteiger charge is -2.13. The van der Waals surface area contributed by atoms with Gasteiger partial charge in [-0.3, -0.25) is 0 Å². The van der Waals surface area contributed by atoms with Gasteiger partial charge in [0, 0.05) is 0 Å². The average Bonchev–Trinajstić information content (AvgIpc) is 2.47. The summed E-state index contributed by atoms with van der Waals surface area (Å²) in [6.07, 6.45) is 0.0144. The van der Waals surface area contributed by atoms with Crippen molar-refractivity contribution in [2.45, 2.75) is 20.0 Å². The molecule has 1 heterocycles. The van der Waals surface area contributed by atoms with E-state index in [4.69, 9.17) is 4.74 Å². The van der Waals surface area contributed by atoms with Gasteiger partial charge in [0.15, 0.2) is 5.82 Å². The van der Waals surface area contributed by atoms with Gasteiger partial charge in [-0.15, -0.1) is 0 Å². The number of benzene rings is 2. The summed E-state index contributed by atoms with van der Waals surface area (Å²) in [5, 5.41) is 10.9. The quantitative estimate of drug-likeness (QED) is 0.793. The molecule has 0 aliphatic carbocycles. The van der Waals surface area contributed by atoms with Crippen LogP contribution in [0.4, 0.5) is 0 Å². The fourth-order valence-corrected chi connectivity index (χ4v) is 2.14. The normalized spacial score (nSPS) is 11.0. The van der Waals surface area contributed by atoms with Crippen LogP contribution in [0.1, 0.15) is 13.8 Å². The van der Waals surface area contributed by atoms with Gasteiger partial charge in [0.2, 0.25) is 5.88 Å². The van der Waals surface area contributed by atoms with Crippen LogP contribution in [-0.4, -0.2) is 21.2 Å². The lowest BCUT2D eigenvalue weighted by molar-refractivity contribution is 0.236. The second-order valence-corrected chi connectivity index (χ2v) is 5.05. The number of rotatable bonds is 3. The molecule has 0 radical (unpaired) electrons. The van der Waals surface area contributed by atoms with E-state index in [0.29, 0.717) is 17.3 Å². The maximum atomic E-state index is 9.99. The molecule has 0 spiro atoms. The highest BCUT2D eigenvalue weighted by Crippen LogP contribution is 2.31. The lowest BCUT2D eigenvalue weighted by atomic mass is 10.1. The summed E-state index contributed by atoms with van der Waals surface area (Å²) in [7, 11) is 0. The van der Waals surface area contributed by atoms with E-state index in [2.05, 4.69) is 9.97 Å². The van der Waals surface area contributed by atoms with Gasteiger partial charge in [-0.05, 0) is 38.1 Å². The first-order valence-corrected chi connectivity index (χ1v) is 6.87. The van der Waals surface area contributed by atoms with Crippen molar-refractivity contribution in [2.24, 2.45) is 0 Å². The van der Waals surface area contributed by atoms with Crippen LogP contribution in [0.3, 0.4) is 0 Å². The fourth-order valence-electron chi connectivity index (χ4n) is 2.14. The Morgan fingerprint density at radius 3 is 2.43 bits per heavy atom. The standard InChI is InChI=1S/C17H16N2O2/c1-11(2)21-17-12-7-3-5-9-14(12)18-16(19-17)13-8-4-6-10-15(13)20/h3-11,20H,1-2H3. The summed E-state index contributed by atoms with van der Waals surface area (Å²) in [6.45, 7) is 3.91. The van der Waals surface area contributed by atoms with Crippen molar-refractivity contribution < 1.29 is 9.84 Å². The maximum Gasteiger partial charge on any atom is 0.225 e. The molecule has 0 bridgehead atoms. The van der Waals surface area contributed by atoms with Crippen LogP contribution in [0.25, 0.3) is 22.3 Å². The number of ether oxygens (including phenoxy) is 1. The van der Waals surface area contributed by atoms with Gasteiger partial charge in [-0.25, -0.2) is 4.98 Å². The second-order valence-electron chi connectivity index (χ2n) is 5.05. The number of fused-ring (bicyclic) bond motifs is 1. The molecule has 106 valence electrons. The first-order valence-electron chi connectivity index (χ1n) is 6.87. The van der Waals surface area contributed by atoms with E-state index >= 15 is 0 Å². The summed E-state index contributed by atoms with van der Waals surface area (Å²) in [5.74, 6) is 1.15. The van der Waals surface area contributed by atoms with Crippen LogP contribution in [0.5, 0.6) is 11.6 Å². The predicted molar refractivity (Wildman–Crippen MR) is 82.4 cm³/mol. The molecule has 0 unspecified atom stereocenters. The molecule has 0 aliphatic rings. The van der Waals surface area contributed by atoms with Crippen LogP contribution in [0.15, 0.2) is 48.5 Å². The minimum atomic E-state index is 0.0144. The van der Waals surface area contributed by atoms with Crippen LogP contribution in [-0.2, 0) is 0 Å². The maximum absolute atomic E-state index is 9.99. The molecule has 4 heteroatoms. The Bertz CT molecular complexity index is 785. The van der Waals surface area contributed by atoms with E-state index in [9.17, 15) is 5.11 Å². The topological polar surface area (TPSA) is 55.2 Å². The SMILES string of the molecule is CC(C)Oc1nc(-c2ccccc2O)nc2ccccc12. The Morgan fingerprint density at radius 1 is 0.952 bits per heavy atom. The Kier molecular flexibility index (Phi) is 3.44. The van der Waals surface area contributed by atoms with Crippen LogP contribution >= 0.6 is 0 Å². The first kappa shape index (κ1) is 13.4. The number of aromatic nitrogens is 2. The molecule has 0 saturated heterocycles. The van der Waals surface area contributed by atoms with Crippen molar-refractivity contribution in [3.8, 4) is 23.0 Å². The van der Waals surface area contributed by atoms with Gasteiger partial charge in [0.05, 0.1) is 22.6 Å². The smallest absolute Gasteiger partial charge is 0.225 e. The predicted octanol–water partition coefficient (Wildman–Crippen LogP) is 3.79. The van der Waals surface area contributed by atoms with Crippen molar-refractivity contribution in [3.63, 3.8) is 0 Å². The zero-order valence-corrected chi connectivity index (χ0v) is 11.9. The highest BCUT2D eigenvalue weighted by Gasteiger charge is 2.13. The van der Waals surface area contributed by atoms with E-state index in [-0.39, 0.29) is 11.9 Å². The third kappa shape index (κ3) is 2.65. The number of nitrogens with zero attached hydrogens (tertiary/aromatic N) is 2. The van der Waals surface area contributed by atoms with Crippen LogP contribution < -0.4 is 4.74 Å². The molecule has 3 aromatic rings. The fraction of sp³-hybridized carbons (Fsp3) is 0.176. The zero-order valence-electron chi connectivity index (χ0n) is 11.9. The summed E-state index contributed by atoms with van der Waals surface area (Å²) in [4.78, 5) is 9.00. The van der Waals surface area contributed by atoms with Gasteiger partial charge in [0.25, 0.3) is 0 Å². The van der Waals surface area contributed by atoms with E-state index in [1.165, 1.54) is 0 Å². The molecular weight excluding hydrogens is 264 g/mol. The molecule has 1 N–H and O–H groups in total. The molecule has 4 nitrogen and oxygen atoms in total. The molecule has 2 aromatic carbocycles. The second kappa shape index (κ2) is 5.40. The Balaban J connectivity index is 2.23. The summed E-state index contributed by atoms with van der Waals surface area (Å²) >= 11 is 0. The minimum absolute atomic E-state index is 0.0144. The Morgan fingerprint density at radius 2 is 1.67 bits per heavy atom. The largest absolute Gasteiger partial charge is 0.507 e. The highest BCUT2D eigenvalue weighted by molar-refractivity contribution is 5.85. The Hall–Kier alpha value is -2.62. The van der Waals surface area contributed by atoms with Gasteiger partial charge in [-0.1, -0.05) is 24.3 Å². The van der Waals surface area contributed by atoms with Crippen molar-refractivity contribution in [3.05, 3.63) is 48.5 Å². The van der Waals surface area contributed by atoms with Gasteiger partial charge < -0.3 is 9.84 Å². The van der Waals surface area contributed by atoms with Gasteiger partial charge in [0.1, 0.15) is 5.75 Å². The third-order valence-electron chi connectivity index (χ3n) is 3.06. The number of hydrogen-bond donors (Lipinski definition) is 1. The van der Waals surface area contributed by atoms with Crippen molar-refractivity contribution in [1.82, 2.24) is 9.97 Å². The van der Waals surface area contributed by atoms with Gasteiger partial charge >= 0.3 is 0 Å². The lowest BCUT2D eigenvalue weighted by Crippen LogP contribution is -2.08. The molecule has 0 fully saturated rings. The van der Waals surface area contributed by atoms with Crippen LogP contribution in [0.2, 0.25) is 0 Å². The molecular formula is C17H16N2O2. The number of para-hydroxylation sites is 2. The van der Waals surface area contributed by atoms with Gasteiger partial charge in [-0.2, -0.15) is 4.98 Å². The highest BCUT2D eigenvalue weighted by atomic mass is 16.5. The summed E-state index contributed by atoms with van der Waals surface area (Å²) in [5.41, 5.74) is 1.39. The number of phenolic OH excluding ortho intramolecular Hbond substituents is 1. The number of aromatic hydroxyl groups is 1. The molecule has 1 aromatic heterocycles. The molecule has 21 heavy (non-hydrogen) atoms. The van der Waals surface area contributed by atoms with Crippen LogP contribution in [0, 0.1) is 0 Å². The summed E-state index contributed by atoms with van der Waals surface area (Å²) in [6, 6.07) is 14.7. The molecule has 0 amide bonds. The molecule has 3 rings (SSSR count). The van der Waals surface area contributed by atoms with E-state index in [0.717, 1.165) is 10.9 Å². The van der Waals surface area contributed by atoms with Crippen molar-refractivity contribution in [2.75, 3.05) is 0 Å². The number of phenols is 1. The molecule has 0 saturated carbocycles. The molecule has 0 aliphatic heterocycles. The summed E-state index contributed by atoms with van der Waals surface area (Å²) < 4.78 is 5.80. The number of hydrogen-bond acceptors (Lipinski definition) is 4.